The van der Waals surface area contributed by atoms with E-state index in [9.17, 15) is 9.90 Å². The lowest BCUT2D eigenvalue weighted by molar-refractivity contribution is -0.266. The van der Waals surface area contributed by atoms with Gasteiger partial charge in [-0.1, -0.05) is 84.9 Å². The average Bonchev–Trinajstić information content (AvgIpc) is 2.77. The molecule has 0 radical (unpaired) electrons. The third kappa shape index (κ3) is 9.23. The summed E-state index contributed by atoms with van der Waals surface area (Å²) in [4.78, 5) is 11.7. The predicted molar refractivity (Wildman–Crippen MR) is 188 cm³/mol. The molecular formula is C31H61IO7Si3. The topological polar surface area (TPSA) is 83.5 Å². The molecule has 42 heavy (non-hydrogen) atoms. The lowest BCUT2D eigenvalue weighted by Gasteiger charge is -2.56. The summed E-state index contributed by atoms with van der Waals surface area (Å²) in [6.07, 6.45) is 0.854. The molecule has 2 heterocycles. The first-order valence-corrected chi connectivity index (χ1v) is 25.5. The zero-order chi connectivity index (χ0) is 32.7. The van der Waals surface area contributed by atoms with Gasteiger partial charge in [0.2, 0.25) is 0 Å². The SMILES string of the molecule is CC(C)(C)[Si](C)(C)OC(/C=C/I)[C@@H]1O[C@H]2CC[C@H](CC(=O)O)O[C@@H]2C(O[Si](C)(C)C(C)(C)C)C1O[Si](C)(C)C(C)(C)C. The number of hydrogen-bond donors (Lipinski definition) is 1. The van der Waals surface area contributed by atoms with E-state index < -0.39 is 55.3 Å². The van der Waals surface area contributed by atoms with E-state index in [2.05, 4.69) is 130 Å². The third-order valence-electron chi connectivity index (χ3n) is 10.5. The highest BCUT2D eigenvalue weighted by atomic mass is 127. The van der Waals surface area contributed by atoms with Crippen molar-refractivity contribution < 1.29 is 32.7 Å². The standard InChI is InChI=1S/C31H61IO7Si3/c1-29(2,3)40(10,11)37-23(18-19-32)26-28(39-42(14,15)31(7,8)9)27(38-41(12,13)30(4,5)6)25-22(36-26)17-16-21(35-25)20-24(33)34/h18-19,21-23,25-28H,16-17,20H2,1-15H3,(H,33,34)/b19-18+/t21-,22+,23?,25+,26+,27?,28?/m1/s1. The molecular weight excluding hydrogens is 695 g/mol. The molecule has 11 heteroatoms. The number of aliphatic carboxylic acids is 1. The van der Waals surface area contributed by atoms with Gasteiger partial charge in [-0.25, -0.2) is 0 Å². The van der Waals surface area contributed by atoms with E-state index >= 15 is 0 Å². The first-order valence-electron chi connectivity index (χ1n) is 15.6. The average molecular weight is 757 g/mol. The quantitative estimate of drug-likeness (QED) is 0.176. The Hall–Kier alpha value is 0.391. The Kier molecular flexibility index (Phi) is 12.5. The molecule has 3 unspecified atom stereocenters. The molecule has 2 saturated heterocycles. The van der Waals surface area contributed by atoms with Crippen molar-refractivity contribution in [2.24, 2.45) is 0 Å². The fourth-order valence-electron chi connectivity index (χ4n) is 4.70. The Morgan fingerprint density at radius 1 is 0.833 bits per heavy atom. The summed E-state index contributed by atoms with van der Waals surface area (Å²) in [5.41, 5.74) is 0. The lowest BCUT2D eigenvalue weighted by Crippen LogP contribution is -2.69. The Bertz CT molecular complexity index is 950. The predicted octanol–water partition coefficient (Wildman–Crippen LogP) is 8.90. The molecule has 0 aromatic rings. The molecule has 0 bridgehead atoms. The van der Waals surface area contributed by atoms with Gasteiger partial charge in [-0.05, 0) is 77.4 Å². The maximum Gasteiger partial charge on any atom is 0.305 e. The van der Waals surface area contributed by atoms with Gasteiger partial charge in [0, 0.05) is 0 Å². The fourth-order valence-corrected chi connectivity index (χ4v) is 8.96. The van der Waals surface area contributed by atoms with Crippen molar-refractivity contribution in [3.8, 4) is 0 Å². The molecule has 2 fully saturated rings. The minimum Gasteiger partial charge on any atom is -0.481 e. The Morgan fingerprint density at radius 2 is 1.31 bits per heavy atom. The Balaban J connectivity index is 2.74. The fraction of sp³-hybridized carbons (Fsp3) is 0.903. The molecule has 0 aromatic carbocycles. The molecule has 2 aliphatic heterocycles. The smallest absolute Gasteiger partial charge is 0.305 e. The summed E-state index contributed by atoms with van der Waals surface area (Å²) < 4.78 is 37.4. The minimum atomic E-state index is -2.33. The number of halogens is 1. The molecule has 7 atom stereocenters. The van der Waals surface area contributed by atoms with Crippen LogP contribution in [0.3, 0.4) is 0 Å². The summed E-state index contributed by atoms with van der Waals surface area (Å²) in [6.45, 7) is 33.9. The van der Waals surface area contributed by atoms with Crippen molar-refractivity contribution in [1.82, 2.24) is 0 Å². The lowest BCUT2D eigenvalue weighted by atomic mass is 9.87. The van der Waals surface area contributed by atoms with Crippen LogP contribution in [0.15, 0.2) is 10.2 Å². The molecule has 2 aliphatic rings. The Morgan fingerprint density at radius 3 is 1.74 bits per heavy atom. The van der Waals surface area contributed by atoms with Crippen LogP contribution in [-0.2, 0) is 27.5 Å². The van der Waals surface area contributed by atoms with Crippen LogP contribution < -0.4 is 0 Å². The van der Waals surface area contributed by atoms with E-state index in [1.54, 1.807) is 0 Å². The number of fused-ring (bicyclic) bond motifs is 1. The second-order valence-corrected chi connectivity index (χ2v) is 31.9. The number of hydrogen-bond acceptors (Lipinski definition) is 6. The van der Waals surface area contributed by atoms with Crippen LogP contribution >= 0.6 is 22.6 Å². The van der Waals surface area contributed by atoms with Crippen LogP contribution in [0.25, 0.3) is 0 Å². The number of carboxylic acids is 1. The normalized spacial score (nSPS) is 29.4. The molecule has 0 aliphatic carbocycles. The highest BCUT2D eigenvalue weighted by molar-refractivity contribution is 14.1. The van der Waals surface area contributed by atoms with Crippen LogP contribution in [0.4, 0.5) is 0 Å². The third-order valence-corrected chi connectivity index (χ3v) is 24.3. The van der Waals surface area contributed by atoms with Gasteiger partial charge in [-0.2, -0.15) is 0 Å². The number of rotatable bonds is 10. The van der Waals surface area contributed by atoms with E-state index in [4.69, 9.17) is 22.8 Å². The van der Waals surface area contributed by atoms with Gasteiger partial charge < -0.3 is 27.9 Å². The highest BCUT2D eigenvalue weighted by Gasteiger charge is 2.57. The number of ether oxygens (including phenoxy) is 2. The summed E-state index contributed by atoms with van der Waals surface area (Å²) in [6, 6.07) is 0. The van der Waals surface area contributed by atoms with Gasteiger partial charge in [0.15, 0.2) is 25.0 Å². The Labute approximate surface area is 273 Å². The summed E-state index contributed by atoms with van der Waals surface area (Å²) >= 11 is 2.27. The minimum absolute atomic E-state index is 0.0202. The van der Waals surface area contributed by atoms with Crippen LogP contribution in [0.2, 0.25) is 54.4 Å². The monoisotopic (exact) mass is 756 g/mol. The molecule has 0 saturated carbocycles. The van der Waals surface area contributed by atoms with E-state index in [0.717, 1.165) is 0 Å². The van der Waals surface area contributed by atoms with Crippen molar-refractivity contribution in [3.63, 3.8) is 0 Å². The molecule has 1 N–H and O–H groups in total. The highest BCUT2D eigenvalue weighted by Crippen LogP contribution is 2.47. The maximum absolute atomic E-state index is 11.7. The zero-order valence-corrected chi connectivity index (χ0v) is 34.2. The van der Waals surface area contributed by atoms with Crippen LogP contribution in [0.5, 0.6) is 0 Å². The molecule has 2 rings (SSSR count). The van der Waals surface area contributed by atoms with Crippen molar-refractivity contribution >= 4 is 53.5 Å². The second-order valence-electron chi connectivity index (χ2n) is 16.9. The second kappa shape index (κ2) is 13.6. The van der Waals surface area contributed by atoms with Gasteiger partial charge in [0.25, 0.3) is 0 Å². The summed E-state index contributed by atoms with van der Waals surface area (Å²) in [7, 11) is -6.83. The molecule has 246 valence electrons. The molecule has 0 amide bonds. The van der Waals surface area contributed by atoms with Crippen LogP contribution in [-0.4, -0.2) is 78.8 Å². The first-order chi connectivity index (χ1) is 18.7. The number of carbonyl (C=O) groups is 1. The van der Waals surface area contributed by atoms with Crippen molar-refractivity contribution in [1.29, 1.82) is 0 Å². The van der Waals surface area contributed by atoms with Gasteiger partial charge in [0.05, 0.1) is 24.7 Å². The van der Waals surface area contributed by atoms with Gasteiger partial charge >= 0.3 is 5.97 Å². The van der Waals surface area contributed by atoms with E-state index in [1.807, 2.05) is 4.08 Å². The van der Waals surface area contributed by atoms with Crippen LogP contribution in [0, 0.1) is 0 Å². The summed E-state index contributed by atoms with van der Waals surface area (Å²) in [5.74, 6) is -0.848. The van der Waals surface area contributed by atoms with E-state index in [1.165, 1.54) is 0 Å². The van der Waals surface area contributed by atoms with Crippen molar-refractivity contribution in [3.05, 3.63) is 10.2 Å². The van der Waals surface area contributed by atoms with Crippen molar-refractivity contribution in [2.75, 3.05) is 0 Å². The largest absolute Gasteiger partial charge is 0.481 e. The number of carboxylic acid groups (broad SMARTS) is 1. The maximum atomic E-state index is 11.7. The van der Waals surface area contributed by atoms with Gasteiger partial charge in [0.1, 0.15) is 24.4 Å². The zero-order valence-electron chi connectivity index (χ0n) is 29.1. The van der Waals surface area contributed by atoms with E-state index in [0.29, 0.717) is 12.8 Å². The molecule has 7 nitrogen and oxygen atoms in total. The molecule has 0 aromatic heterocycles. The van der Waals surface area contributed by atoms with Crippen molar-refractivity contribution in [2.45, 2.75) is 179 Å². The van der Waals surface area contributed by atoms with Crippen LogP contribution in [0.1, 0.15) is 81.6 Å². The van der Waals surface area contributed by atoms with Gasteiger partial charge in [-0.3, -0.25) is 4.79 Å². The van der Waals surface area contributed by atoms with Gasteiger partial charge in [-0.15, -0.1) is 0 Å². The summed E-state index contributed by atoms with van der Waals surface area (Å²) in [5, 5.41) is 9.53. The van der Waals surface area contributed by atoms with E-state index in [-0.39, 0.29) is 39.8 Å². The first kappa shape index (κ1) is 38.6. The molecule has 0 spiro atoms.